The van der Waals surface area contributed by atoms with E-state index < -0.39 is 102 Å². The average Bonchev–Trinajstić information content (AvgIpc) is 4.16. The highest BCUT2D eigenvalue weighted by atomic mass is 31.2. The number of fused-ring (bicyclic) bond motifs is 3. The lowest BCUT2D eigenvalue weighted by molar-refractivity contribution is -0.0647. The fourth-order valence-electron chi connectivity index (χ4n) is 8.32. The second kappa shape index (κ2) is 18.8. The SMILES string of the molecule is C=C(N)CCC1OC(n2cnc3c(N)ncnc32)C(OP(=O)(O)OCC2OC(n3cnc4c(N)ncnc43)C(OP(=O)(O)OCC3OC(n4cnc5c(N)ncnc54)C(O)C3O)C2OC)C1OC. The zero-order chi connectivity index (χ0) is 48.2. The molecule has 33 heteroatoms. The summed E-state index contributed by atoms with van der Waals surface area (Å²) in [5.41, 5.74) is 25.3. The van der Waals surface area contributed by atoms with Crippen LogP contribution >= 0.6 is 15.6 Å². The second-order valence-corrected chi connectivity index (χ2v) is 18.5. The lowest BCUT2D eigenvalue weighted by Gasteiger charge is -2.27. The van der Waals surface area contributed by atoms with Crippen molar-refractivity contribution in [3.8, 4) is 0 Å². The lowest BCUT2D eigenvalue weighted by atomic mass is 10.0. The standard InChI is InChI=1S/C35H46N16O15P2/c1-14(36)4-5-15-23(58-2)25(34(62-15)50-12-47-19-28(38)41-9-44-31(19)50)65-68(56,57)61-7-17-24(59-3)26(35(64-17)51-13-48-20-29(39)42-10-45-32(20)51)66-67(54,55)60-6-16-21(52)22(53)33(63-16)49-11-46-18-27(37)40-8-43-30(18)49/h8-13,15-17,21-26,33-35,52-53H,1,4-7,36H2,2-3H3,(H,54,55)(H,56,57)(H2,37,40,43)(H2,38,41,44)(H2,39,42,45). The molecule has 3 fully saturated rings. The van der Waals surface area contributed by atoms with E-state index in [1.54, 1.807) is 0 Å². The molecule has 0 amide bonds. The van der Waals surface area contributed by atoms with Gasteiger partial charge in [0.15, 0.2) is 53.1 Å². The Morgan fingerprint density at radius 1 is 0.618 bits per heavy atom. The number of aromatic nitrogens is 12. The quantitative estimate of drug-likeness (QED) is 0.0476. The van der Waals surface area contributed by atoms with Crippen LogP contribution in [0.25, 0.3) is 33.5 Å². The average molecular weight is 993 g/mol. The molecule has 14 atom stereocenters. The molecule has 0 aromatic carbocycles. The van der Waals surface area contributed by atoms with E-state index in [-0.39, 0.29) is 57.4 Å². The van der Waals surface area contributed by atoms with E-state index >= 15 is 0 Å². The number of nitrogen functional groups attached to an aromatic ring is 3. The molecule has 0 spiro atoms. The second-order valence-electron chi connectivity index (χ2n) is 15.7. The first-order chi connectivity index (χ1) is 32.5. The number of methoxy groups -OCH3 is 2. The van der Waals surface area contributed by atoms with E-state index in [9.17, 15) is 29.1 Å². The predicted molar refractivity (Wildman–Crippen MR) is 228 cm³/mol. The summed E-state index contributed by atoms with van der Waals surface area (Å²) in [4.78, 5) is 59.7. The topological polar surface area (TPSA) is 433 Å². The summed E-state index contributed by atoms with van der Waals surface area (Å²) in [5, 5.41) is 21.8. The molecule has 31 nitrogen and oxygen atoms in total. The molecule has 14 unspecified atom stereocenters. The van der Waals surface area contributed by atoms with E-state index in [4.69, 9.17) is 64.7 Å². The van der Waals surface area contributed by atoms with E-state index in [1.807, 2.05) is 0 Å². The van der Waals surface area contributed by atoms with Gasteiger partial charge in [0.1, 0.15) is 84.4 Å². The largest absolute Gasteiger partial charge is 0.472 e. The molecule has 0 aliphatic carbocycles. The van der Waals surface area contributed by atoms with Gasteiger partial charge in [0.05, 0.1) is 38.3 Å². The van der Waals surface area contributed by atoms with Gasteiger partial charge in [-0.2, -0.15) is 0 Å². The number of imidazole rings is 3. The number of phosphoric ester groups is 2. The van der Waals surface area contributed by atoms with Crippen molar-refractivity contribution in [2.45, 2.75) is 86.5 Å². The Labute approximate surface area is 382 Å². The Morgan fingerprint density at radius 2 is 1.01 bits per heavy atom. The van der Waals surface area contributed by atoms with Crippen molar-refractivity contribution in [2.24, 2.45) is 5.73 Å². The molecule has 9 rings (SSSR count). The van der Waals surface area contributed by atoms with Gasteiger partial charge in [-0.15, -0.1) is 0 Å². The lowest BCUT2D eigenvalue weighted by Crippen LogP contribution is -2.38. The molecule has 0 bridgehead atoms. The molecular weight excluding hydrogens is 946 g/mol. The smallest absolute Gasteiger partial charge is 0.403 e. The maximum absolute atomic E-state index is 14.0. The third kappa shape index (κ3) is 8.98. The number of nitrogens with two attached hydrogens (primary N) is 4. The number of rotatable bonds is 18. The molecule has 3 aliphatic rings. The Balaban J connectivity index is 0.938. The van der Waals surface area contributed by atoms with Crippen LogP contribution in [0.2, 0.25) is 0 Å². The third-order valence-corrected chi connectivity index (χ3v) is 13.5. The summed E-state index contributed by atoms with van der Waals surface area (Å²) in [6, 6.07) is 0. The van der Waals surface area contributed by atoms with E-state index in [0.29, 0.717) is 12.1 Å². The molecule has 6 aromatic rings. The Bertz CT molecular complexity index is 2910. The van der Waals surface area contributed by atoms with Crippen molar-refractivity contribution in [1.82, 2.24) is 58.6 Å². The Hall–Kier alpha value is -5.47. The fourth-order valence-corrected chi connectivity index (χ4v) is 10.2. The van der Waals surface area contributed by atoms with Gasteiger partial charge in [0.25, 0.3) is 0 Å². The maximum atomic E-state index is 14.0. The fraction of sp³-hybridized carbons (Fsp3) is 0.514. The number of allylic oxidation sites excluding steroid dienone is 1. The molecule has 9 heterocycles. The summed E-state index contributed by atoms with van der Waals surface area (Å²) in [6.45, 7) is 2.20. The van der Waals surface area contributed by atoms with Gasteiger partial charge in [0, 0.05) is 19.9 Å². The van der Waals surface area contributed by atoms with Gasteiger partial charge in [-0.25, -0.2) is 54.0 Å². The first-order valence-electron chi connectivity index (χ1n) is 20.4. The molecule has 3 aliphatic heterocycles. The third-order valence-electron chi connectivity index (χ3n) is 11.5. The number of aliphatic hydroxyl groups excluding tert-OH is 2. The van der Waals surface area contributed by atoms with Gasteiger partial charge >= 0.3 is 15.6 Å². The number of ether oxygens (including phenoxy) is 5. The molecular formula is C35H46N16O15P2. The summed E-state index contributed by atoms with van der Waals surface area (Å²) >= 11 is 0. The highest BCUT2D eigenvalue weighted by Gasteiger charge is 2.54. The number of aliphatic hydroxyl groups is 2. The van der Waals surface area contributed by atoms with E-state index in [0.717, 1.165) is 6.33 Å². The van der Waals surface area contributed by atoms with Crippen LogP contribution in [0, 0.1) is 0 Å². The van der Waals surface area contributed by atoms with Crippen LogP contribution in [-0.4, -0.2) is 161 Å². The number of phosphoric acid groups is 2. The number of hydrogen-bond acceptors (Lipinski definition) is 26. The van der Waals surface area contributed by atoms with Crippen LogP contribution in [0.3, 0.4) is 0 Å². The van der Waals surface area contributed by atoms with Gasteiger partial charge < -0.3 is 66.6 Å². The van der Waals surface area contributed by atoms with Crippen molar-refractivity contribution in [3.63, 3.8) is 0 Å². The summed E-state index contributed by atoms with van der Waals surface area (Å²) in [6.07, 6.45) is -7.89. The van der Waals surface area contributed by atoms with Gasteiger partial charge in [0.2, 0.25) is 0 Å². The van der Waals surface area contributed by atoms with Crippen LogP contribution in [0.4, 0.5) is 17.5 Å². The molecule has 3 saturated heterocycles. The maximum Gasteiger partial charge on any atom is 0.472 e. The number of anilines is 3. The Morgan fingerprint density at radius 3 is 1.46 bits per heavy atom. The number of hydrogen-bond donors (Lipinski definition) is 8. The van der Waals surface area contributed by atoms with Crippen molar-refractivity contribution in [1.29, 1.82) is 0 Å². The molecule has 12 N–H and O–H groups in total. The highest BCUT2D eigenvalue weighted by molar-refractivity contribution is 7.47. The van der Waals surface area contributed by atoms with Crippen molar-refractivity contribution in [3.05, 3.63) is 50.2 Å². The zero-order valence-corrected chi connectivity index (χ0v) is 37.6. The van der Waals surface area contributed by atoms with Crippen molar-refractivity contribution < 1.29 is 70.9 Å². The summed E-state index contributed by atoms with van der Waals surface area (Å²) in [5.74, 6) is 0.132. The zero-order valence-electron chi connectivity index (χ0n) is 35.8. The molecule has 6 aromatic heterocycles. The monoisotopic (exact) mass is 992 g/mol. The van der Waals surface area contributed by atoms with Crippen LogP contribution in [0.5, 0.6) is 0 Å². The minimum atomic E-state index is -5.22. The minimum Gasteiger partial charge on any atom is -0.403 e. The van der Waals surface area contributed by atoms with E-state index in [2.05, 4.69) is 51.4 Å². The van der Waals surface area contributed by atoms with Gasteiger partial charge in [-0.1, -0.05) is 6.58 Å². The molecule has 68 heavy (non-hydrogen) atoms. The van der Waals surface area contributed by atoms with Crippen molar-refractivity contribution in [2.75, 3.05) is 44.6 Å². The van der Waals surface area contributed by atoms with Gasteiger partial charge in [-0.05, 0) is 12.8 Å². The van der Waals surface area contributed by atoms with Crippen LogP contribution in [0.15, 0.2) is 50.2 Å². The van der Waals surface area contributed by atoms with Gasteiger partial charge in [-0.3, -0.25) is 31.8 Å². The normalized spacial score (nSPS) is 30.4. The minimum absolute atomic E-state index is 0.00416. The predicted octanol–water partition coefficient (Wildman–Crippen LogP) is -1.05. The first kappa shape index (κ1) is 47.6. The van der Waals surface area contributed by atoms with Crippen LogP contribution in [0.1, 0.15) is 31.5 Å². The highest BCUT2D eigenvalue weighted by Crippen LogP contribution is 2.53. The van der Waals surface area contributed by atoms with Crippen LogP contribution < -0.4 is 22.9 Å². The van der Waals surface area contributed by atoms with E-state index in [1.165, 1.54) is 59.6 Å². The Kier molecular flexibility index (Phi) is 13.2. The van der Waals surface area contributed by atoms with Crippen LogP contribution in [-0.2, 0) is 50.9 Å². The summed E-state index contributed by atoms with van der Waals surface area (Å²) in [7, 11) is -7.78. The summed E-state index contributed by atoms with van der Waals surface area (Å²) < 4.78 is 84.3. The first-order valence-corrected chi connectivity index (χ1v) is 23.4. The number of nitrogens with zero attached hydrogens (tertiary/aromatic N) is 12. The van der Waals surface area contributed by atoms with Crippen molar-refractivity contribution >= 4 is 66.6 Å². The molecule has 0 saturated carbocycles. The molecule has 0 radical (unpaired) electrons. The molecule has 366 valence electrons.